The third kappa shape index (κ3) is 5.94. The molecule has 1 aliphatic carbocycles. The minimum atomic E-state index is -0.492. The van der Waals surface area contributed by atoms with E-state index in [1.165, 1.54) is 18.5 Å². The van der Waals surface area contributed by atoms with Crippen molar-refractivity contribution in [2.24, 2.45) is 0 Å². The summed E-state index contributed by atoms with van der Waals surface area (Å²) in [6, 6.07) is 14.5. The Morgan fingerprint density at radius 2 is 1.78 bits per heavy atom. The van der Waals surface area contributed by atoms with E-state index in [-0.39, 0.29) is 28.9 Å². The van der Waals surface area contributed by atoms with E-state index in [0.717, 1.165) is 31.2 Å². The first-order valence-electron chi connectivity index (χ1n) is 12.3. The Balaban J connectivity index is 1.20. The van der Waals surface area contributed by atoms with Crippen LogP contribution in [0.25, 0.3) is 11.0 Å². The number of aromatic nitrogens is 4. The summed E-state index contributed by atoms with van der Waals surface area (Å²) in [6.45, 7) is 1.94. The van der Waals surface area contributed by atoms with E-state index in [9.17, 15) is 9.18 Å². The van der Waals surface area contributed by atoms with Gasteiger partial charge in [0, 0.05) is 17.8 Å². The van der Waals surface area contributed by atoms with Gasteiger partial charge in [-0.15, -0.1) is 0 Å². The third-order valence-corrected chi connectivity index (χ3v) is 6.95. The van der Waals surface area contributed by atoms with E-state index in [1.807, 2.05) is 37.3 Å². The van der Waals surface area contributed by atoms with Crippen LogP contribution >= 0.6 is 11.6 Å². The molecule has 3 N–H and O–H groups in total. The number of fused-ring (bicyclic) bond motifs is 1. The molecule has 1 unspecified atom stereocenters. The highest BCUT2D eigenvalue weighted by Gasteiger charge is 2.25. The van der Waals surface area contributed by atoms with Crippen LogP contribution in [0.5, 0.6) is 0 Å². The second-order valence-electron chi connectivity index (χ2n) is 9.24. The lowest BCUT2D eigenvalue weighted by Crippen LogP contribution is -2.41. The van der Waals surface area contributed by atoms with Crippen molar-refractivity contribution in [3.05, 3.63) is 77.5 Å². The SMILES string of the molecule is CC(C(=O)NC1CCC(Nc2ncc3ncnc(Nc4ccc(F)c(Cl)c4)c3n2)CC1)c1ccccc1. The monoisotopic (exact) mass is 519 g/mol. The first-order chi connectivity index (χ1) is 18.0. The van der Waals surface area contributed by atoms with Crippen LogP contribution in [-0.2, 0) is 4.79 Å². The van der Waals surface area contributed by atoms with Gasteiger partial charge in [0.25, 0.3) is 0 Å². The highest BCUT2D eigenvalue weighted by atomic mass is 35.5. The van der Waals surface area contributed by atoms with Crippen molar-refractivity contribution >= 4 is 46.0 Å². The number of nitrogens with one attached hydrogen (secondary N) is 3. The Bertz CT molecular complexity index is 1400. The average Bonchev–Trinajstić information content (AvgIpc) is 2.92. The molecule has 0 saturated heterocycles. The van der Waals surface area contributed by atoms with Crippen molar-refractivity contribution in [1.82, 2.24) is 25.3 Å². The van der Waals surface area contributed by atoms with Crippen molar-refractivity contribution in [2.45, 2.75) is 50.6 Å². The molecule has 2 heterocycles. The molecule has 1 saturated carbocycles. The number of carbonyl (C=O) groups excluding carboxylic acids is 1. The number of halogens is 2. The van der Waals surface area contributed by atoms with Crippen molar-refractivity contribution in [2.75, 3.05) is 10.6 Å². The van der Waals surface area contributed by atoms with Gasteiger partial charge in [0.15, 0.2) is 5.82 Å². The molecule has 4 aromatic rings. The van der Waals surface area contributed by atoms with Crippen molar-refractivity contribution in [3.63, 3.8) is 0 Å². The van der Waals surface area contributed by atoms with Crippen molar-refractivity contribution < 1.29 is 9.18 Å². The maximum Gasteiger partial charge on any atom is 0.227 e. The normalized spacial score (nSPS) is 18.2. The lowest BCUT2D eigenvalue weighted by Gasteiger charge is -2.30. The standard InChI is InChI=1S/C27H27ClFN7O/c1-16(17-5-3-2-4-6-17)26(37)34-18-7-9-19(10-8-18)35-27-30-14-23-24(36-27)25(32-15-31-23)33-20-11-12-22(29)21(28)13-20/h2-6,11-16,18-19H,7-10H2,1H3,(H,34,37)(H,30,35,36)(H,31,32,33). The minimum Gasteiger partial charge on any atom is -0.353 e. The van der Waals surface area contributed by atoms with Crippen LogP contribution in [0.4, 0.5) is 21.8 Å². The topological polar surface area (TPSA) is 105 Å². The lowest BCUT2D eigenvalue weighted by molar-refractivity contribution is -0.123. The number of amides is 1. The molecular weight excluding hydrogens is 493 g/mol. The molecule has 1 amide bonds. The van der Waals surface area contributed by atoms with E-state index >= 15 is 0 Å². The molecule has 1 fully saturated rings. The Labute approximate surface area is 219 Å². The maximum absolute atomic E-state index is 13.5. The van der Waals surface area contributed by atoms with Crippen molar-refractivity contribution in [3.8, 4) is 0 Å². The third-order valence-electron chi connectivity index (χ3n) is 6.66. The average molecular weight is 520 g/mol. The van der Waals surface area contributed by atoms with Crippen molar-refractivity contribution in [1.29, 1.82) is 0 Å². The second-order valence-corrected chi connectivity index (χ2v) is 9.64. The van der Waals surface area contributed by atoms with E-state index < -0.39 is 5.82 Å². The quantitative estimate of drug-likeness (QED) is 0.292. The summed E-state index contributed by atoms with van der Waals surface area (Å²) in [5, 5.41) is 9.77. The van der Waals surface area contributed by atoms with Gasteiger partial charge < -0.3 is 16.0 Å². The molecule has 0 radical (unpaired) electrons. The first kappa shape index (κ1) is 24.8. The van der Waals surface area contributed by atoms with Gasteiger partial charge in [-0.1, -0.05) is 41.9 Å². The molecule has 5 rings (SSSR count). The molecular formula is C27H27ClFN7O. The van der Waals surface area contributed by atoms with Gasteiger partial charge in [0.1, 0.15) is 23.2 Å². The molecule has 0 aliphatic heterocycles. The number of anilines is 3. The molecule has 1 atom stereocenters. The van der Waals surface area contributed by atoms with E-state index in [4.69, 9.17) is 11.6 Å². The molecule has 0 spiro atoms. The zero-order valence-electron chi connectivity index (χ0n) is 20.3. The maximum atomic E-state index is 13.5. The second kappa shape index (κ2) is 11.0. The molecule has 1 aliphatic rings. The molecule has 2 aromatic heterocycles. The predicted octanol–water partition coefficient (Wildman–Crippen LogP) is 5.60. The Morgan fingerprint density at radius 3 is 2.54 bits per heavy atom. The summed E-state index contributed by atoms with van der Waals surface area (Å²) in [6.07, 6.45) is 6.58. The molecule has 10 heteroatoms. The van der Waals surface area contributed by atoms with Gasteiger partial charge in [0.2, 0.25) is 11.9 Å². The molecule has 190 valence electrons. The van der Waals surface area contributed by atoms with Crippen LogP contribution in [0.2, 0.25) is 5.02 Å². The van der Waals surface area contributed by atoms with E-state index in [1.54, 1.807) is 12.3 Å². The van der Waals surface area contributed by atoms with Crippen LogP contribution in [0.1, 0.15) is 44.1 Å². The van der Waals surface area contributed by atoms with Gasteiger partial charge >= 0.3 is 0 Å². The summed E-state index contributed by atoms with van der Waals surface area (Å²) in [7, 11) is 0. The summed E-state index contributed by atoms with van der Waals surface area (Å²) in [5.41, 5.74) is 2.72. The highest BCUT2D eigenvalue weighted by Crippen LogP contribution is 2.27. The largest absolute Gasteiger partial charge is 0.353 e. The molecule has 37 heavy (non-hydrogen) atoms. The fourth-order valence-electron chi connectivity index (χ4n) is 4.51. The molecule has 8 nitrogen and oxygen atoms in total. The van der Waals surface area contributed by atoms with Crippen LogP contribution in [0.15, 0.2) is 61.1 Å². The van der Waals surface area contributed by atoms with Gasteiger partial charge in [-0.3, -0.25) is 4.79 Å². The number of hydrogen-bond donors (Lipinski definition) is 3. The first-order valence-corrected chi connectivity index (χ1v) is 12.7. The van der Waals surface area contributed by atoms with Crippen LogP contribution in [0.3, 0.4) is 0 Å². The van der Waals surface area contributed by atoms with Crippen LogP contribution < -0.4 is 16.0 Å². The van der Waals surface area contributed by atoms with Crippen LogP contribution in [-0.4, -0.2) is 37.9 Å². The zero-order chi connectivity index (χ0) is 25.8. The number of rotatable bonds is 7. The lowest BCUT2D eigenvalue weighted by atomic mass is 9.90. The fourth-order valence-corrected chi connectivity index (χ4v) is 4.69. The fraction of sp³-hybridized carbons (Fsp3) is 0.296. The number of hydrogen-bond acceptors (Lipinski definition) is 7. The Hall–Kier alpha value is -3.85. The number of carbonyl (C=O) groups is 1. The smallest absolute Gasteiger partial charge is 0.227 e. The van der Waals surface area contributed by atoms with Crippen LogP contribution in [0, 0.1) is 5.82 Å². The molecule has 0 bridgehead atoms. The molecule has 2 aromatic carbocycles. The summed E-state index contributed by atoms with van der Waals surface area (Å²) < 4.78 is 13.5. The number of nitrogens with zero attached hydrogens (tertiary/aromatic N) is 4. The highest BCUT2D eigenvalue weighted by molar-refractivity contribution is 6.31. The summed E-state index contributed by atoms with van der Waals surface area (Å²) >= 11 is 5.91. The zero-order valence-corrected chi connectivity index (χ0v) is 21.0. The summed E-state index contributed by atoms with van der Waals surface area (Å²) in [4.78, 5) is 30.3. The van der Waals surface area contributed by atoms with E-state index in [2.05, 4.69) is 35.9 Å². The van der Waals surface area contributed by atoms with Gasteiger partial charge in [-0.05, 0) is 56.4 Å². The van der Waals surface area contributed by atoms with Gasteiger partial charge in [-0.25, -0.2) is 24.3 Å². The van der Waals surface area contributed by atoms with Gasteiger partial charge in [-0.2, -0.15) is 0 Å². The predicted molar refractivity (Wildman–Crippen MR) is 142 cm³/mol. The van der Waals surface area contributed by atoms with E-state index in [0.29, 0.717) is 28.5 Å². The minimum absolute atomic E-state index is 0.0154. The Morgan fingerprint density at radius 1 is 1.03 bits per heavy atom. The Kier molecular flexibility index (Phi) is 7.41. The summed E-state index contributed by atoms with van der Waals surface area (Å²) in [5.74, 6) is 0.334. The van der Waals surface area contributed by atoms with Gasteiger partial charge in [0.05, 0.1) is 17.1 Å². The number of benzene rings is 2.